The molecule has 0 aliphatic heterocycles. The van der Waals surface area contributed by atoms with Crippen LogP contribution >= 0.6 is 0 Å². The van der Waals surface area contributed by atoms with Gasteiger partial charge in [0.2, 0.25) is 5.75 Å². The third-order valence-electron chi connectivity index (χ3n) is 3.82. The van der Waals surface area contributed by atoms with Crippen molar-refractivity contribution in [3.05, 3.63) is 69.3 Å². The first-order valence-electron chi connectivity index (χ1n) is 7.90. The maximum absolute atomic E-state index is 12.4. The summed E-state index contributed by atoms with van der Waals surface area (Å²) < 4.78 is 4.91. The minimum Gasteiger partial charge on any atom is -0.500 e. The summed E-state index contributed by atoms with van der Waals surface area (Å²) in [6, 6.07) is 13.0. The number of methoxy groups -OCH3 is 1. The smallest absolute Gasteiger partial charge is 0.315 e. The fourth-order valence-corrected chi connectivity index (χ4v) is 2.41. The highest BCUT2D eigenvalue weighted by Gasteiger charge is 2.20. The highest BCUT2D eigenvalue weighted by atomic mass is 16.6. The molecule has 0 unspecified atom stereocenters. The number of carbonyl (C=O) groups is 1. The Balaban J connectivity index is 2.32. The van der Waals surface area contributed by atoms with Crippen molar-refractivity contribution in [3.8, 4) is 17.6 Å². The first kappa shape index (κ1) is 19.5. The van der Waals surface area contributed by atoms with Crippen LogP contribution < -0.4 is 10.1 Å². The Morgan fingerprint density at radius 1 is 1.37 bits per heavy atom. The number of nitrogens with one attached hydrogen (secondary N) is 1. The maximum Gasteiger partial charge on any atom is 0.315 e. The highest BCUT2D eigenvalue weighted by molar-refractivity contribution is 6.02. The van der Waals surface area contributed by atoms with Gasteiger partial charge >= 0.3 is 5.69 Å². The van der Waals surface area contributed by atoms with Crippen molar-refractivity contribution in [2.45, 2.75) is 13.0 Å². The topological polar surface area (TPSA) is 125 Å². The number of benzene rings is 2. The number of amides is 1. The standard InChI is InChI=1S/C19H17N3O5/c1-12(14-6-4-3-5-7-14)21-19(24)15(11-20)8-13-9-16(22(25)26)18(23)17(10-13)27-2/h3-10,12,23H,1-2H3,(H,21,24)/b15-8-/t12-/m0/s1. The predicted molar refractivity (Wildman–Crippen MR) is 97.9 cm³/mol. The molecule has 1 amide bonds. The van der Waals surface area contributed by atoms with E-state index >= 15 is 0 Å². The van der Waals surface area contributed by atoms with Crippen LogP contribution in [0.2, 0.25) is 0 Å². The average Bonchev–Trinajstić information content (AvgIpc) is 2.67. The third-order valence-corrected chi connectivity index (χ3v) is 3.82. The first-order chi connectivity index (χ1) is 12.9. The second-order valence-corrected chi connectivity index (χ2v) is 5.62. The lowest BCUT2D eigenvalue weighted by molar-refractivity contribution is -0.386. The summed E-state index contributed by atoms with van der Waals surface area (Å²) >= 11 is 0. The van der Waals surface area contributed by atoms with Crippen LogP contribution in [-0.2, 0) is 4.79 Å². The van der Waals surface area contributed by atoms with Gasteiger partial charge in [0.05, 0.1) is 18.1 Å². The van der Waals surface area contributed by atoms with Crippen molar-refractivity contribution in [1.82, 2.24) is 5.32 Å². The molecule has 0 saturated heterocycles. The third kappa shape index (κ3) is 4.61. The molecule has 0 spiro atoms. The second-order valence-electron chi connectivity index (χ2n) is 5.62. The number of nitro benzene ring substituents is 1. The molecular formula is C19H17N3O5. The zero-order valence-corrected chi connectivity index (χ0v) is 14.7. The summed E-state index contributed by atoms with van der Waals surface area (Å²) in [5.74, 6) is -1.38. The van der Waals surface area contributed by atoms with Crippen LogP contribution in [0.1, 0.15) is 24.1 Å². The van der Waals surface area contributed by atoms with E-state index in [1.54, 1.807) is 13.0 Å². The van der Waals surface area contributed by atoms with E-state index in [0.717, 1.165) is 11.6 Å². The van der Waals surface area contributed by atoms with Crippen molar-refractivity contribution >= 4 is 17.7 Å². The number of phenols is 1. The van der Waals surface area contributed by atoms with E-state index < -0.39 is 22.3 Å². The number of ether oxygens (including phenoxy) is 1. The van der Waals surface area contributed by atoms with Crippen LogP contribution in [0.3, 0.4) is 0 Å². The molecule has 138 valence electrons. The van der Waals surface area contributed by atoms with E-state index in [1.165, 1.54) is 19.3 Å². The number of rotatable bonds is 6. The lowest BCUT2D eigenvalue weighted by Gasteiger charge is -2.13. The summed E-state index contributed by atoms with van der Waals surface area (Å²) in [7, 11) is 1.24. The fraction of sp³-hybridized carbons (Fsp3) is 0.158. The van der Waals surface area contributed by atoms with Gasteiger partial charge in [-0.25, -0.2) is 0 Å². The summed E-state index contributed by atoms with van der Waals surface area (Å²) in [5.41, 5.74) is 0.219. The Morgan fingerprint density at radius 2 is 2.04 bits per heavy atom. The molecular weight excluding hydrogens is 350 g/mol. The number of nitriles is 1. The van der Waals surface area contributed by atoms with Gasteiger partial charge in [-0.3, -0.25) is 14.9 Å². The molecule has 27 heavy (non-hydrogen) atoms. The number of aromatic hydroxyl groups is 1. The van der Waals surface area contributed by atoms with E-state index in [0.29, 0.717) is 0 Å². The van der Waals surface area contributed by atoms with Crippen LogP contribution in [0, 0.1) is 21.4 Å². The molecule has 2 aromatic rings. The minimum absolute atomic E-state index is 0.134. The highest BCUT2D eigenvalue weighted by Crippen LogP contribution is 2.37. The van der Waals surface area contributed by atoms with Crippen LogP contribution in [-0.4, -0.2) is 23.0 Å². The molecule has 0 aromatic heterocycles. The average molecular weight is 367 g/mol. The van der Waals surface area contributed by atoms with Gasteiger partial charge in [-0.15, -0.1) is 0 Å². The molecule has 8 heteroatoms. The summed E-state index contributed by atoms with van der Waals surface area (Å²) in [5, 5.41) is 32.9. The normalized spacial score (nSPS) is 12.0. The molecule has 1 atom stereocenters. The summed E-state index contributed by atoms with van der Waals surface area (Å²) in [4.78, 5) is 22.7. The molecule has 2 aromatic carbocycles. The Labute approximate surface area is 155 Å². The number of carbonyl (C=O) groups excluding carboxylic acids is 1. The predicted octanol–water partition coefficient (Wildman–Crippen LogP) is 3.09. The van der Waals surface area contributed by atoms with Crippen molar-refractivity contribution < 1.29 is 19.6 Å². The van der Waals surface area contributed by atoms with Gasteiger partial charge in [-0.2, -0.15) is 5.26 Å². The number of phenolic OH excluding ortho intramolecular Hbond substituents is 1. The summed E-state index contributed by atoms with van der Waals surface area (Å²) in [6.07, 6.45) is 1.20. The second kappa shape index (κ2) is 8.49. The van der Waals surface area contributed by atoms with Gasteiger partial charge in [-0.05, 0) is 30.2 Å². The van der Waals surface area contributed by atoms with E-state index in [9.17, 15) is 25.3 Å². The van der Waals surface area contributed by atoms with Gasteiger partial charge < -0.3 is 15.2 Å². The lowest BCUT2D eigenvalue weighted by Crippen LogP contribution is -2.27. The van der Waals surface area contributed by atoms with Gasteiger partial charge in [-0.1, -0.05) is 30.3 Å². The molecule has 2 N–H and O–H groups in total. The zero-order chi connectivity index (χ0) is 20.0. The summed E-state index contributed by atoms with van der Waals surface area (Å²) in [6.45, 7) is 1.77. The SMILES string of the molecule is COc1cc(/C=C(/C#N)C(=O)N[C@@H](C)c2ccccc2)cc([N+](=O)[O-])c1O. The fourth-order valence-electron chi connectivity index (χ4n) is 2.41. The number of hydrogen-bond donors (Lipinski definition) is 2. The van der Waals surface area contributed by atoms with Crippen LogP contribution in [0.25, 0.3) is 6.08 Å². The monoisotopic (exact) mass is 367 g/mol. The van der Waals surface area contributed by atoms with Gasteiger partial charge in [0, 0.05) is 6.07 Å². The molecule has 0 bridgehead atoms. The molecule has 0 heterocycles. The van der Waals surface area contributed by atoms with Crippen LogP contribution in [0.15, 0.2) is 48.0 Å². The van der Waals surface area contributed by atoms with E-state index in [2.05, 4.69) is 5.32 Å². The molecule has 2 rings (SSSR count). The molecule has 0 fully saturated rings. The Kier molecular flexibility index (Phi) is 6.12. The Hall–Kier alpha value is -3.86. The van der Waals surface area contributed by atoms with Crippen molar-refractivity contribution in [1.29, 1.82) is 5.26 Å². The van der Waals surface area contributed by atoms with Crippen molar-refractivity contribution in [3.63, 3.8) is 0 Å². The Bertz CT molecular complexity index is 932. The molecule has 0 aliphatic rings. The number of hydrogen-bond acceptors (Lipinski definition) is 6. The number of nitrogens with zero attached hydrogens (tertiary/aromatic N) is 2. The largest absolute Gasteiger partial charge is 0.500 e. The van der Waals surface area contributed by atoms with E-state index in [4.69, 9.17) is 4.74 Å². The van der Waals surface area contributed by atoms with Crippen molar-refractivity contribution in [2.24, 2.45) is 0 Å². The molecule has 0 saturated carbocycles. The van der Waals surface area contributed by atoms with E-state index in [-0.39, 0.29) is 22.9 Å². The molecule has 0 radical (unpaired) electrons. The zero-order valence-electron chi connectivity index (χ0n) is 14.7. The van der Waals surface area contributed by atoms with Crippen LogP contribution in [0.4, 0.5) is 5.69 Å². The maximum atomic E-state index is 12.4. The molecule has 0 aliphatic carbocycles. The quantitative estimate of drug-likeness (QED) is 0.350. The lowest BCUT2D eigenvalue weighted by atomic mass is 10.1. The Morgan fingerprint density at radius 3 is 2.59 bits per heavy atom. The van der Waals surface area contributed by atoms with Gasteiger partial charge in [0.1, 0.15) is 11.6 Å². The minimum atomic E-state index is -0.779. The van der Waals surface area contributed by atoms with Gasteiger partial charge in [0.15, 0.2) is 5.75 Å². The first-order valence-corrected chi connectivity index (χ1v) is 7.90. The van der Waals surface area contributed by atoms with Crippen LogP contribution in [0.5, 0.6) is 11.5 Å². The number of nitro groups is 1. The van der Waals surface area contributed by atoms with Gasteiger partial charge in [0.25, 0.3) is 5.91 Å². The van der Waals surface area contributed by atoms with E-state index in [1.807, 2.05) is 30.3 Å². The molecule has 8 nitrogen and oxygen atoms in total. The van der Waals surface area contributed by atoms with Crippen molar-refractivity contribution in [2.75, 3.05) is 7.11 Å².